The van der Waals surface area contributed by atoms with E-state index in [4.69, 9.17) is 5.11 Å². The summed E-state index contributed by atoms with van der Waals surface area (Å²) in [6.45, 7) is 5.63. The molecular weight excluding hydrogens is 242 g/mol. The number of benzene rings is 1. The topological polar surface area (TPSA) is 66.4 Å². The lowest BCUT2D eigenvalue weighted by atomic mass is 9.85. The smallest absolute Gasteiger partial charge is 0.303 e. The van der Waals surface area contributed by atoms with Gasteiger partial charge in [0.05, 0.1) is 6.42 Å². The second-order valence-corrected chi connectivity index (χ2v) is 5.51. The molecule has 0 radical (unpaired) electrons. The fourth-order valence-electron chi connectivity index (χ4n) is 1.94. The molecule has 0 spiro atoms. The average Bonchev–Trinajstić information content (AvgIpc) is 2.27. The van der Waals surface area contributed by atoms with Crippen LogP contribution < -0.4 is 5.32 Å². The van der Waals surface area contributed by atoms with Crippen molar-refractivity contribution in [3.8, 4) is 0 Å². The summed E-state index contributed by atoms with van der Waals surface area (Å²) in [7, 11) is 0. The van der Waals surface area contributed by atoms with Gasteiger partial charge in [-0.25, -0.2) is 0 Å². The molecule has 4 heteroatoms. The lowest BCUT2D eigenvalue weighted by Gasteiger charge is -2.21. The molecule has 0 saturated heterocycles. The molecule has 0 aliphatic heterocycles. The summed E-state index contributed by atoms with van der Waals surface area (Å²) in [6.07, 6.45) is 1.13. The van der Waals surface area contributed by atoms with Crippen molar-refractivity contribution in [1.82, 2.24) is 0 Å². The molecule has 0 bridgehead atoms. The van der Waals surface area contributed by atoms with Crippen LogP contribution in [0.15, 0.2) is 24.3 Å². The number of amides is 1. The number of carbonyl (C=O) groups excluding carboxylic acids is 1. The van der Waals surface area contributed by atoms with Crippen LogP contribution >= 0.6 is 0 Å². The number of hydrogen-bond donors (Lipinski definition) is 2. The van der Waals surface area contributed by atoms with Gasteiger partial charge in [0.15, 0.2) is 0 Å². The van der Waals surface area contributed by atoms with Gasteiger partial charge in [0.2, 0.25) is 5.91 Å². The van der Waals surface area contributed by atoms with Gasteiger partial charge < -0.3 is 10.4 Å². The molecule has 0 aliphatic rings. The number of hydrogen-bond acceptors (Lipinski definition) is 2. The number of carboxylic acids is 1. The first-order chi connectivity index (χ1) is 8.82. The number of rotatable bonds is 6. The van der Waals surface area contributed by atoms with E-state index < -0.39 is 11.4 Å². The van der Waals surface area contributed by atoms with E-state index in [1.54, 1.807) is 13.8 Å². The van der Waals surface area contributed by atoms with E-state index >= 15 is 0 Å². The van der Waals surface area contributed by atoms with E-state index in [-0.39, 0.29) is 18.7 Å². The molecule has 19 heavy (non-hydrogen) atoms. The maximum atomic E-state index is 11.9. The van der Waals surface area contributed by atoms with Gasteiger partial charge in [-0.3, -0.25) is 9.59 Å². The minimum Gasteiger partial charge on any atom is -0.481 e. The maximum Gasteiger partial charge on any atom is 0.303 e. The number of aliphatic carboxylic acids is 1. The predicted molar refractivity (Wildman–Crippen MR) is 75.1 cm³/mol. The highest BCUT2D eigenvalue weighted by Crippen LogP contribution is 2.25. The van der Waals surface area contributed by atoms with Crippen LogP contribution in [0.2, 0.25) is 0 Å². The zero-order valence-electron chi connectivity index (χ0n) is 11.7. The number of carboxylic acid groups (broad SMARTS) is 1. The van der Waals surface area contributed by atoms with Gasteiger partial charge >= 0.3 is 5.97 Å². The summed E-state index contributed by atoms with van der Waals surface area (Å²) in [5, 5.41) is 11.6. The molecule has 4 nitrogen and oxygen atoms in total. The molecule has 1 aromatic carbocycles. The molecule has 1 rings (SSSR count). The van der Waals surface area contributed by atoms with Gasteiger partial charge in [-0.1, -0.05) is 32.9 Å². The van der Waals surface area contributed by atoms with Crippen molar-refractivity contribution in [2.45, 2.75) is 40.0 Å². The van der Waals surface area contributed by atoms with Gasteiger partial charge in [0.1, 0.15) is 0 Å². The van der Waals surface area contributed by atoms with Crippen molar-refractivity contribution in [2.24, 2.45) is 5.41 Å². The second kappa shape index (κ2) is 6.36. The van der Waals surface area contributed by atoms with Crippen LogP contribution in [-0.4, -0.2) is 17.0 Å². The minimum absolute atomic E-state index is 0.0187. The normalized spacial score (nSPS) is 11.1. The molecule has 1 aromatic rings. The SMILES string of the molecule is CCc1ccc(NC(=O)CC(C)(C)CC(=O)O)cc1. The standard InChI is InChI=1S/C15H21NO3/c1-4-11-5-7-12(8-6-11)16-13(17)9-15(2,3)10-14(18)19/h5-8H,4,9-10H2,1-3H3,(H,16,17)(H,18,19). The van der Waals surface area contributed by atoms with Crippen LogP contribution in [-0.2, 0) is 16.0 Å². The number of aryl methyl sites for hydroxylation is 1. The van der Waals surface area contributed by atoms with Gasteiger partial charge in [-0.15, -0.1) is 0 Å². The van der Waals surface area contributed by atoms with Crippen molar-refractivity contribution in [3.05, 3.63) is 29.8 Å². The van der Waals surface area contributed by atoms with Crippen molar-refractivity contribution in [1.29, 1.82) is 0 Å². The summed E-state index contributed by atoms with van der Waals surface area (Å²) in [5.41, 5.74) is 1.41. The lowest BCUT2D eigenvalue weighted by Crippen LogP contribution is -2.24. The van der Waals surface area contributed by atoms with Crippen LogP contribution in [0.4, 0.5) is 5.69 Å². The Morgan fingerprint density at radius 3 is 2.21 bits per heavy atom. The van der Waals surface area contributed by atoms with Gasteiger partial charge in [-0.05, 0) is 29.5 Å². The predicted octanol–water partition coefficient (Wildman–Crippen LogP) is 3.08. The Hall–Kier alpha value is -1.84. The highest BCUT2D eigenvalue weighted by molar-refractivity contribution is 5.91. The Morgan fingerprint density at radius 2 is 1.74 bits per heavy atom. The van der Waals surface area contributed by atoms with Crippen LogP contribution in [0.25, 0.3) is 0 Å². The number of anilines is 1. The fourth-order valence-corrected chi connectivity index (χ4v) is 1.94. The molecule has 104 valence electrons. The van der Waals surface area contributed by atoms with Crippen molar-refractivity contribution in [3.63, 3.8) is 0 Å². The van der Waals surface area contributed by atoms with E-state index in [1.165, 1.54) is 5.56 Å². The third kappa shape index (κ3) is 5.55. The minimum atomic E-state index is -0.884. The Bertz CT molecular complexity index is 449. The van der Waals surface area contributed by atoms with Crippen LogP contribution in [0, 0.1) is 5.41 Å². The van der Waals surface area contributed by atoms with Crippen LogP contribution in [0.5, 0.6) is 0 Å². The van der Waals surface area contributed by atoms with E-state index in [1.807, 2.05) is 24.3 Å². The summed E-state index contributed by atoms with van der Waals surface area (Å²) >= 11 is 0. The van der Waals surface area contributed by atoms with Crippen molar-refractivity contribution in [2.75, 3.05) is 5.32 Å². The monoisotopic (exact) mass is 263 g/mol. The molecule has 0 unspecified atom stereocenters. The van der Waals surface area contributed by atoms with E-state index in [0.717, 1.165) is 12.1 Å². The fraction of sp³-hybridized carbons (Fsp3) is 0.467. The second-order valence-electron chi connectivity index (χ2n) is 5.51. The highest BCUT2D eigenvalue weighted by atomic mass is 16.4. The number of nitrogens with one attached hydrogen (secondary N) is 1. The Morgan fingerprint density at radius 1 is 1.16 bits per heavy atom. The van der Waals surface area contributed by atoms with Gasteiger partial charge in [0, 0.05) is 12.1 Å². The molecule has 0 atom stereocenters. The zero-order valence-corrected chi connectivity index (χ0v) is 11.7. The molecule has 0 fully saturated rings. The first-order valence-corrected chi connectivity index (χ1v) is 6.43. The maximum absolute atomic E-state index is 11.9. The van der Waals surface area contributed by atoms with Crippen LogP contribution in [0.3, 0.4) is 0 Å². The Balaban J connectivity index is 2.56. The third-order valence-electron chi connectivity index (χ3n) is 2.91. The molecule has 0 aromatic heterocycles. The summed E-state index contributed by atoms with van der Waals surface area (Å²) in [6, 6.07) is 7.66. The zero-order chi connectivity index (χ0) is 14.5. The number of carbonyl (C=O) groups is 2. The molecule has 1 amide bonds. The summed E-state index contributed by atoms with van der Waals surface area (Å²) in [5.74, 6) is -1.04. The molecule has 0 aliphatic carbocycles. The van der Waals surface area contributed by atoms with Gasteiger partial charge in [0.25, 0.3) is 0 Å². The molecular formula is C15H21NO3. The summed E-state index contributed by atoms with van der Waals surface area (Å²) in [4.78, 5) is 22.6. The highest BCUT2D eigenvalue weighted by Gasteiger charge is 2.25. The Kier molecular flexibility index (Phi) is 5.10. The first-order valence-electron chi connectivity index (χ1n) is 6.43. The largest absolute Gasteiger partial charge is 0.481 e. The van der Waals surface area contributed by atoms with Gasteiger partial charge in [-0.2, -0.15) is 0 Å². The third-order valence-corrected chi connectivity index (χ3v) is 2.91. The molecule has 0 heterocycles. The van der Waals surface area contributed by atoms with Crippen molar-refractivity contribution >= 4 is 17.6 Å². The molecule has 0 saturated carbocycles. The average molecular weight is 263 g/mol. The first kappa shape index (κ1) is 15.2. The quantitative estimate of drug-likeness (QED) is 0.828. The summed E-state index contributed by atoms with van der Waals surface area (Å²) < 4.78 is 0. The van der Waals surface area contributed by atoms with Crippen LogP contribution in [0.1, 0.15) is 39.2 Å². The van der Waals surface area contributed by atoms with E-state index in [9.17, 15) is 9.59 Å². The Labute approximate surface area is 113 Å². The lowest BCUT2D eigenvalue weighted by molar-refractivity contribution is -0.139. The van der Waals surface area contributed by atoms with Crippen molar-refractivity contribution < 1.29 is 14.7 Å². The van der Waals surface area contributed by atoms with E-state index in [0.29, 0.717) is 0 Å². The van der Waals surface area contributed by atoms with E-state index in [2.05, 4.69) is 12.2 Å². The molecule has 2 N–H and O–H groups in total.